The molecule has 0 saturated heterocycles. The van der Waals surface area contributed by atoms with Gasteiger partial charge in [0.05, 0.1) is 0 Å². The molecule has 0 radical (unpaired) electrons. The Morgan fingerprint density at radius 2 is 1.29 bits per heavy atom. The van der Waals surface area contributed by atoms with Gasteiger partial charge in [-0.05, 0) is 23.3 Å². The van der Waals surface area contributed by atoms with Crippen LogP contribution in [0.3, 0.4) is 0 Å². The van der Waals surface area contributed by atoms with Crippen LogP contribution in [0.25, 0.3) is 12.2 Å². The maximum Gasteiger partial charge on any atom is 0.123 e. The third kappa shape index (κ3) is 3.72. The average molecular weight is 224 g/mol. The van der Waals surface area contributed by atoms with Gasteiger partial charge in [0.1, 0.15) is 5.83 Å². The maximum atomic E-state index is 13.5. The minimum Gasteiger partial charge on any atom is -0.207 e. The molecule has 0 atom stereocenters. The third-order valence-corrected chi connectivity index (χ3v) is 2.34. The van der Waals surface area contributed by atoms with Crippen molar-refractivity contribution in [1.29, 1.82) is 0 Å². The molecule has 0 aliphatic rings. The zero-order valence-electron chi connectivity index (χ0n) is 9.38. The van der Waals surface area contributed by atoms with Crippen molar-refractivity contribution in [1.82, 2.24) is 0 Å². The van der Waals surface area contributed by atoms with E-state index in [-0.39, 0.29) is 5.83 Å². The molecule has 0 fully saturated rings. The van der Waals surface area contributed by atoms with Crippen LogP contribution in [0.15, 0.2) is 72.6 Å². The molecule has 2 rings (SSSR count). The molecule has 0 saturated carbocycles. The molecule has 0 amide bonds. The van der Waals surface area contributed by atoms with Gasteiger partial charge in [0.2, 0.25) is 0 Å². The van der Waals surface area contributed by atoms with Gasteiger partial charge in [-0.15, -0.1) is 0 Å². The van der Waals surface area contributed by atoms with Crippen LogP contribution in [0.1, 0.15) is 11.1 Å². The summed E-state index contributed by atoms with van der Waals surface area (Å²) < 4.78 is 13.5. The van der Waals surface area contributed by atoms with Crippen LogP contribution in [0, 0.1) is 0 Å². The topological polar surface area (TPSA) is 0 Å². The monoisotopic (exact) mass is 224 g/mol. The molecular formula is C16H13F. The van der Waals surface area contributed by atoms with Gasteiger partial charge >= 0.3 is 0 Å². The molecule has 84 valence electrons. The van der Waals surface area contributed by atoms with Crippen molar-refractivity contribution in [3.63, 3.8) is 0 Å². The zero-order chi connectivity index (χ0) is 11.9. The molecule has 2 aromatic carbocycles. The first-order chi connectivity index (χ1) is 8.34. The van der Waals surface area contributed by atoms with Crippen molar-refractivity contribution in [2.24, 2.45) is 0 Å². The van der Waals surface area contributed by atoms with Crippen LogP contribution in [0.2, 0.25) is 0 Å². The Kier molecular flexibility index (Phi) is 3.87. The third-order valence-electron chi connectivity index (χ3n) is 2.34. The molecule has 0 spiro atoms. The van der Waals surface area contributed by atoms with Crippen molar-refractivity contribution in [3.8, 4) is 0 Å². The average Bonchev–Trinajstić information content (AvgIpc) is 2.39. The van der Waals surface area contributed by atoms with E-state index in [1.807, 2.05) is 60.7 Å². The normalized spacial score (nSPS) is 11.9. The number of rotatable bonds is 3. The smallest absolute Gasteiger partial charge is 0.123 e. The Morgan fingerprint density at radius 3 is 1.88 bits per heavy atom. The summed E-state index contributed by atoms with van der Waals surface area (Å²) in [5, 5.41) is 0. The zero-order valence-corrected chi connectivity index (χ0v) is 9.38. The predicted molar refractivity (Wildman–Crippen MR) is 71.0 cm³/mol. The van der Waals surface area contributed by atoms with Crippen molar-refractivity contribution in [2.75, 3.05) is 0 Å². The Morgan fingerprint density at radius 1 is 0.765 bits per heavy atom. The van der Waals surface area contributed by atoms with Crippen molar-refractivity contribution in [2.45, 2.75) is 0 Å². The minimum absolute atomic E-state index is 0.250. The van der Waals surface area contributed by atoms with E-state index in [0.29, 0.717) is 0 Å². The molecule has 0 N–H and O–H groups in total. The summed E-state index contributed by atoms with van der Waals surface area (Å²) in [6, 6.07) is 19.1. The Bertz CT molecular complexity index is 510. The second kappa shape index (κ2) is 5.80. The van der Waals surface area contributed by atoms with Gasteiger partial charge in [-0.2, -0.15) is 0 Å². The van der Waals surface area contributed by atoms with Crippen LogP contribution in [0.5, 0.6) is 0 Å². The predicted octanol–water partition coefficient (Wildman–Crippen LogP) is 4.71. The Balaban J connectivity index is 2.09. The second-order valence-corrected chi connectivity index (χ2v) is 3.68. The van der Waals surface area contributed by atoms with E-state index in [2.05, 4.69) is 0 Å². The number of allylic oxidation sites excluding steroid dienone is 2. The molecule has 0 aliphatic carbocycles. The van der Waals surface area contributed by atoms with Crippen LogP contribution < -0.4 is 0 Å². The fourth-order valence-electron chi connectivity index (χ4n) is 1.50. The number of halogens is 1. The van der Waals surface area contributed by atoms with E-state index in [0.717, 1.165) is 11.1 Å². The van der Waals surface area contributed by atoms with E-state index < -0.39 is 0 Å². The van der Waals surface area contributed by atoms with Crippen molar-refractivity contribution < 1.29 is 4.39 Å². The maximum absolute atomic E-state index is 13.5. The van der Waals surface area contributed by atoms with Gasteiger partial charge in [-0.1, -0.05) is 66.7 Å². The lowest BCUT2D eigenvalue weighted by atomic mass is 10.2. The summed E-state index contributed by atoms with van der Waals surface area (Å²) in [7, 11) is 0. The first-order valence-electron chi connectivity index (χ1n) is 5.50. The first-order valence-corrected chi connectivity index (χ1v) is 5.50. The van der Waals surface area contributed by atoms with Gasteiger partial charge in [0, 0.05) is 0 Å². The van der Waals surface area contributed by atoms with Gasteiger partial charge in [0.15, 0.2) is 0 Å². The summed E-state index contributed by atoms with van der Waals surface area (Å²) >= 11 is 0. The summed E-state index contributed by atoms with van der Waals surface area (Å²) in [4.78, 5) is 0. The molecule has 1 heteroatoms. The molecule has 0 aromatic heterocycles. The van der Waals surface area contributed by atoms with Crippen molar-refractivity contribution >= 4 is 12.2 Å². The number of hydrogen-bond acceptors (Lipinski definition) is 0. The van der Waals surface area contributed by atoms with Crippen LogP contribution >= 0.6 is 0 Å². The Labute approximate surface area is 101 Å². The van der Waals surface area contributed by atoms with Gasteiger partial charge in [-0.3, -0.25) is 0 Å². The van der Waals surface area contributed by atoms with Crippen LogP contribution in [-0.4, -0.2) is 0 Å². The molecule has 0 bridgehead atoms. The summed E-state index contributed by atoms with van der Waals surface area (Å²) in [6.07, 6.45) is 4.75. The van der Waals surface area contributed by atoms with E-state index in [1.54, 1.807) is 6.08 Å². The highest BCUT2D eigenvalue weighted by Crippen LogP contribution is 2.11. The van der Waals surface area contributed by atoms with Gasteiger partial charge in [-0.25, -0.2) is 4.39 Å². The van der Waals surface area contributed by atoms with E-state index in [1.165, 1.54) is 12.2 Å². The molecule has 0 unspecified atom stereocenters. The van der Waals surface area contributed by atoms with E-state index in [9.17, 15) is 4.39 Å². The second-order valence-electron chi connectivity index (χ2n) is 3.68. The van der Waals surface area contributed by atoms with Gasteiger partial charge < -0.3 is 0 Å². The lowest BCUT2D eigenvalue weighted by Crippen LogP contribution is -1.72. The minimum atomic E-state index is -0.250. The van der Waals surface area contributed by atoms with Crippen LogP contribution in [0.4, 0.5) is 4.39 Å². The number of hydrogen-bond donors (Lipinski definition) is 0. The lowest BCUT2D eigenvalue weighted by molar-refractivity contribution is 0.675. The van der Waals surface area contributed by atoms with E-state index >= 15 is 0 Å². The number of benzene rings is 2. The molecule has 2 aromatic rings. The van der Waals surface area contributed by atoms with E-state index in [4.69, 9.17) is 0 Å². The molecule has 0 nitrogen and oxygen atoms in total. The summed E-state index contributed by atoms with van der Waals surface area (Å²) in [5.74, 6) is -0.250. The quantitative estimate of drug-likeness (QED) is 0.662. The molecule has 0 heterocycles. The van der Waals surface area contributed by atoms with Crippen LogP contribution in [-0.2, 0) is 0 Å². The highest BCUT2D eigenvalue weighted by atomic mass is 19.1. The highest BCUT2D eigenvalue weighted by Gasteiger charge is 1.90. The standard InChI is InChI=1S/C16H13F/c17-16(13-15-9-5-2-6-10-15)12-11-14-7-3-1-4-8-14/h1-13H/b12-11+,16-13+. The fraction of sp³-hybridized carbons (Fsp3) is 0. The lowest BCUT2D eigenvalue weighted by Gasteiger charge is -1.93. The fourth-order valence-corrected chi connectivity index (χ4v) is 1.50. The molecule has 17 heavy (non-hydrogen) atoms. The molecular weight excluding hydrogens is 211 g/mol. The Hall–Kier alpha value is -2.15. The highest BCUT2D eigenvalue weighted by molar-refractivity contribution is 5.59. The summed E-state index contributed by atoms with van der Waals surface area (Å²) in [6.45, 7) is 0. The SMILES string of the molecule is FC(/C=C/c1ccccc1)=C/c1ccccc1. The largest absolute Gasteiger partial charge is 0.207 e. The van der Waals surface area contributed by atoms with Crippen molar-refractivity contribution in [3.05, 3.63) is 83.7 Å². The van der Waals surface area contributed by atoms with Gasteiger partial charge in [0.25, 0.3) is 0 Å². The first kappa shape index (κ1) is 11.3. The summed E-state index contributed by atoms with van der Waals surface area (Å²) in [5.41, 5.74) is 1.85. The molecule has 0 aliphatic heterocycles.